The minimum Gasteiger partial charge on any atom is -0.314 e. The summed E-state index contributed by atoms with van der Waals surface area (Å²) in [6.45, 7) is 3.69. The molecule has 0 aromatic carbocycles. The topological polar surface area (TPSA) is 24.1 Å². The number of fused-ring (bicyclic) bond motifs is 2. The molecule has 2 bridgehead atoms. The molecule has 0 amide bonds. The summed E-state index contributed by atoms with van der Waals surface area (Å²) in [4.78, 5) is 0. The van der Waals surface area contributed by atoms with E-state index in [-0.39, 0.29) is 0 Å². The molecule has 1 saturated carbocycles. The van der Waals surface area contributed by atoms with Gasteiger partial charge >= 0.3 is 0 Å². The van der Waals surface area contributed by atoms with E-state index < -0.39 is 0 Å². The van der Waals surface area contributed by atoms with Crippen molar-refractivity contribution in [3.63, 3.8) is 0 Å². The highest BCUT2D eigenvalue weighted by Crippen LogP contribution is 2.32. The molecule has 3 fully saturated rings. The highest BCUT2D eigenvalue weighted by Gasteiger charge is 2.32. The Labute approximate surface area is 119 Å². The average Bonchev–Trinajstić information content (AvgIpc) is 2.60. The van der Waals surface area contributed by atoms with Crippen molar-refractivity contribution in [1.29, 1.82) is 0 Å². The van der Waals surface area contributed by atoms with Crippen LogP contribution in [0.3, 0.4) is 0 Å². The van der Waals surface area contributed by atoms with Crippen molar-refractivity contribution in [3.05, 3.63) is 0 Å². The lowest BCUT2D eigenvalue weighted by atomic mass is 9.89. The summed E-state index contributed by atoms with van der Waals surface area (Å²) in [5.74, 6) is 1.96. The molecular weight excluding hydrogens is 232 g/mol. The predicted octanol–water partition coefficient (Wildman–Crippen LogP) is 3.47. The number of rotatable bonds is 4. The van der Waals surface area contributed by atoms with Crippen LogP contribution in [0.25, 0.3) is 0 Å². The molecular formula is C17H32N2. The van der Waals surface area contributed by atoms with E-state index in [4.69, 9.17) is 0 Å². The fourth-order valence-corrected chi connectivity index (χ4v) is 4.59. The third-order valence-corrected chi connectivity index (χ3v) is 5.81. The van der Waals surface area contributed by atoms with Gasteiger partial charge in [-0.2, -0.15) is 0 Å². The summed E-state index contributed by atoms with van der Waals surface area (Å²) in [6.07, 6.45) is 14.4. The molecule has 3 rings (SSSR count). The minimum absolute atomic E-state index is 0.823. The van der Waals surface area contributed by atoms with Crippen LogP contribution in [0.5, 0.6) is 0 Å². The third kappa shape index (κ3) is 3.95. The van der Waals surface area contributed by atoms with E-state index in [9.17, 15) is 0 Å². The largest absolute Gasteiger partial charge is 0.314 e. The van der Waals surface area contributed by atoms with Gasteiger partial charge in [0.25, 0.3) is 0 Å². The van der Waals surface area contributed by atoms with Gasteiger partial charge in [0.05, 0.1) is 0 Å². The Balaban J connectivity index is 1.34. The summed E-state index contributed by atoms with van der Waals surface area (Å²) >= 11 is 0. The highest BCUT2D eigenvalue weighted by molar-refractivity contribution is 4.92. The van der Waals surface area contributed by atoms with Crippen LogP contribution < -0.4 is 10.6 Å². The molecule has 2 N–H and O–H groups in total. The highest BCUT2D eigenvalue weighted by atomic mass is 15.0. The Morgan fingerprint density at radius 2 is 1.74 bits per heavy atom. The monoisotopic (exact) mass is 264 g/mol. The molecule has 2 aliphatic heterocycles. The van der Waals surface area contributed by atoms with Crippen LogP contribution in [-0.4, -0.2) is 24.7 Å². The van der Waals surface area contributed by atoms with Gasteiger partial charge in [-0.15, -0.1) is 0 Å². The van der Waals surface area contributed by atoms with Crippen molar-refractivity contribution >= 4 is 0 Å². The fourth-order valence-electron chi connectivity index (χ4n) is 4.59. The molecule has 0 radical (unpaired) electrons. The smallest absolute Gasteiger partial charge is 0.00728 e. The average molecular weight is 264 g/mol. The minimum atomic E-state index is 0.823. The lowest BCUT2D eigenvalue weighted by Gasteiger charge is -2.29. The lowest BCUT2D eigenvalue weighted by Crippen LogP contribution is -2.39. The third-order valence-electron chi connectivity index (χ3n) is 5.81. The van der Waals surface area contributed by atoms with Gasteiger partial charge in [-0.3, -0.25) is 0 Å². The fraction of sp³-hybridized carbons (Fsp3) is 1.00. The molecule has 2 saturated heterocycles. The molecule has 4 unspecified atom stereocenters. The summed E-state index contributed by atoms with van der Waals surface area (Å²) in [5, 5.41) is 7.61. The molecule has 2 heteroatoms. The summed E-state index contributed by atoms with van der Waals surface area (Å²) in [7, 11) is 0. The molecule has 4 atom stereocenters. The van der Waals surface area contributed by atoms with Gasteiger partial charge in [-0.25, -0.2) is 0 Å². The van der Waals surface area contributed by atoms with E-state index in [1.807, 2.05) is 0 Å². The standard InChI is InChI=1S/C17H32N2/c1-13-3-2-4-15(6-5-13)18-10-9-14-11-16-7-8-17(12-14)19-16/h13-19H,2-12H2,1H3. The first-order chi connectivity index (χ1) is 9.29. The van der Waals surface area contributed by atoms with Gasteiger partial charge in [0, 0.05) is 18.1 Å². The first kappa shape index (κ1) is 13.9. The normalized spacial score (nSPS) is 43.1. The maximum Gasteiger partial charge on any atom is 0.00728 e. The second-order valence-electron chi connectivity index (χ2n) is 7.53. The molecule has 0 aromatic rings. The van der Waals surface area contributed by atoms with Crippen LogP contribution in [0.2, 0.25) is 0 Å². The Bertz CT molecular complexity index is 266. The van der Waals surface area contributed by atoms with E-state index in [0.717, 1.165) is 30.0 Å². The maximum atomic E-state index is 3.86. The van der Waals surface area contributed by atoms with E-state index in [0.29, 0.717) is 0 Å². The number of hydrogen-bond donors (Lipinski definition) is 2. The van der Waals surface area contributed by atoms with Crippen LogP contribution in [0.4, 0.5) is 0 Å². The van der Waals surface area contributed by atoms with Crippen molar-refractivity contribution in [2.24, 2.45) is 11.8 Å². The van der Waals surface area contributed by atoms with E-state index >= 15 is 0 Å². The Hall–Kier alpha value is -0.0800. The summed E-state index contributed by atoms with van der Waals surface area (Å²) in [5.41, 5.74) is 0. The van der Waals surface area contributed by atoms with Crippen LogP contribution in [0, 0.1) is 11.8 Å². The SMILES string of the molecule is CC1CCCC(NCCC2CC3CCC(C2)N3)CC1. The van der Waals surface area contributed by atoms with Crippen LogP contribution in [-0.2, 0) is 0 Å². The first-order valence-electron chi connectivity index (χ1n) is 8.79. The predicted molar refractivity (Wildman–Crippen MR) is 81.3 cm³/mol. The summed E-state index contributed by atoms with van der Waals surface area (Å²) < 4.78 is 0. The van der Waals surface area contributed by atoms with Crippen LogP contribution >= 0.6 is 0 Å². The molecule has 1 aliphatic carbocycles. The Morgan fingerprint density at radius 3 is 2.53 bits per heavy atom. The van der Waals surface area contributed by atoms with E-state index in [1.165, 1.54) is 70.8 Å². The van der Waals surface area contributed by atoms with Crippen molar-refractivity contribution in [2.45, 2.75) is 89.3 Å². The van der Waals surface area contributed by atoms with Gasteiger partial charge in [0.15, 0.2) is 0 Å². The van der Waals surface area contributed by atoms with E-state index in [2.05, 4.69) is 17.6 Å². The second kappa shape index (κ2) is 6.58. The molecule has 2 heterocycles. The molecule has 3 aliphatic rings. The van der Waals surface area contributed by atoms with Gasteiger partial charge in [0.2, 0.25) is 0 Å². The van der Waals surface area contributed by atoms with Crippen LogP contribution in [0.15, 0.2) is 0 Å². The zero-order valence-electron chi connectivity index (χ0n) is 12.7. The van der Waals surface area contributed by atoms with Crippen molar-refractivity contribution in [2.75, 3.05) is 6.54 Å². The Kier molecular flexibility index (Phi) is 4.81. The molecule has 19 heavy (non-hydrogen) atoms. The number of piperidine rings is 1. The van der Waals surface area contributed by atoms with E-state index in [1.54, 1.807) is 0 Å². The van der Waals surface area contributed by atoms with Crippen molar-refractivity contribution in [1.82, 2.24) is 10.6 Å². The molecule has 0 aromatic heterocycles. The summed E-state index contributed by atoms with van der Waals surface area (Å²) in [6, 6.07) is 2.55. The molecule has 0 spiro atoms. The van der Waals surface area contributed by atoms with Crippen molar-refractivity contribution in [3.8, 4) is 0 Å². The molecule has 2 nitrogen and oxygen atoms in total. The van der Waals surface area contributed by atoms with Crippen molar-refractivity contribution < 1.29 is 0 Å². The second-order valence-corrected chi connectivity index (χ2v) is 7.53. The first-order valence-corrected chi connectivity index (χ1v) is 8.79. The van der Waals surface area contributed by atoms with Gasteiger partial charge in [-0.1, -0.05) is 19.8 Å². The van der Waals surface area contributed by atoms with Gasteiger partial charge < -0.3 is 10.6 Å². The maximum absolute atomic E-state index is 3.86. The van der Waals surface area contributed by atoms with Crippen LogP contribution in [0.1, 0.15) is 71.1 Å². The number of hydrogen-bond acceptors (Lipinski definition) is 2. The van der Waals surface area contributed by atoms with Gasteiger partial charge in [-0.05, 0) is 69.7 Å². The number of nitrogens with one attached hydrogen (secondary N) is 2. The Morgan fingerprint density at radius 1 is 0.947 bits per heavy atom. The zero-order valence-corrected chi connectivity index (χ0v) is 12.7. The molecule has 110 valence electrons. The zero-order chi connectivity index (χ0) is 13.1. The quantitative estimate of drug-likeness (QED) is 0.760. The van der Waals surface area contributed by atoms with Gasteiger partial charge in [0.1, 0.15) is 0 Å². The lowest BCUT2D eigenvalue weighted by molar-refractivity contribution is 0.278.